The largest absolute Gasteiger partial charge is 0.418 e. The van der Waals surface area contributed by atoms with E-state index in [9.17, 15) is 26.7 Å². The Morgan fingerprint density at radius 3 is 2.40 bits per heavy atom. The molecule has 5 rings (SSSR count). The molecule has 0 unspecified atom stereocenters. The van der Waals surface area contributed by atoms with Crippen LogP contribution in [-0.4, -0.2) is 37.8 Å². The molecular formula is C26H23F5N6O2S. The Bertz CT molecular complexity index is 1540. The third-order valence-corrected chi connectivity index (χ3v) is 7.47. The Morgan fingerprint density at radius 2 is 1.75 bits per heavy atom. The molecule has 0 radical (unpaired) electrons. The third kappa shape index (κ3) is 5.32. The van der Waals surface area contributed by atoms with E-state index < -0.39 is 23.5 Å². The molecule has 0 saturated heterocycles. The van der Waals surface area contributed by atoms with E-state index in [0.29, 0.717) is 22.7 Å². The van der Waals surface area contributed by atoms with Crippen LogP contribution in [-0.2, 0) is 22.8 Å². The lowest BCUT2D eigenvalue weighted by molar-refractivity contribution is -0.190. The van der Waals surface area contributed by atoms with E-state index in [2.05, 4.69) is 15.3 Å². The second-order valence-corrected chi connectivity index (χ2v) is 10.7. The average molecular weight is 579 g/mol. The van der Waals surface area contributed by atoms with Crippen molar-refractivity contribution in [2.75, 3.05) is 10.7 Å². The Balaban J connectivity index is 1.42. The molecule has 8 nitrogen and oxygen atoms in total. The first-order chi connectivity index (χ1) is 18.7. The van der Waals surface area contributed by atoms with Gasteiger partial charge in [0.25, 0.3) is 5.92 Å². The van der Waals surface area contributed by atoms with Gasteiger partial charge in [-0.2, -0.15) is 27.1 Å². The van der Waals surface area contributed by atoms with Gasteiger partial charge in [-0.3, -0.25) is 4.79 Å². The zero-order valence-electron chi connectivity index (χ0n) is 21.2. The molecule has 4 aromatic rings. The first-order valence-electron chi connectivity index (χ1n) is 12.0. The number of carbonyl (C=O) groups excluding carboxylic acids is 1. The van der Waals surface area contributed by atoms with Crippen LogP contribution in [0.1, 0.15) is 37.4 Å². The van der Waals surface area contributed by atoms with Gasteiger partial charge in [0.2, 0.25) is 17.7 Å². The SMILES string of the molecule is CC(F)(F)c1ccn(-c2ccc(CN3C(=O)CCSc4ccc(-c5nnc([C@@](C)(N)C(F)(F)F)o5)cc43)cc2)n1. The zero-order chi connectivity index (χ0) is 28.9. The Hall–Kier alpha value is -3.78. The number of amides is 1. The number of hydrogen-bond acceptors (Lipinski definition) is 7. The normalized spacial score (nSPS) is 16.0. The number of alkyl halides is 5. The fourth-order valence-corrected chi connectivity index (χ4v) is 4.96. The summed E-state index contributed by atoms with van der Waals surface area (Å²) in [5, 5.41) is 11.2. The minimum Gasteiger partial charge on any atom is -0.418 e. The summed E-state index contributed by atoms with van der Waals surface area (Å²) >= 11 is 1.48. The number of aromatic nitrogens is 4. The molecule has 2 N–H and O–H groups in total. The first-order valence-corrected chi connectivity index (χ1v) is 13.0. The number of anilines is 1. The van der Waals surface area contributed by atoms with Crippen LogP contribution in [0, 0.1) is 0 Å². The van der Waals surface area contributed by atoms with E-state index in [1.54, 1.807) is 47.4 Å². The molecule has 14 heteroatoms. The highest BCUT2D eigenvalue weighted by Crippen LogP contribution is 2.40. The van der Waals surface area contributed by atoms with Crippen molar-refractivity contribution in [3.05, 3.63) is 71.9 Å². The first kappa shape index (κ1) is 27.8. The number of halogens is 5. The van der Waals surface area contributed by atoms with Crippen molar-refractivity contribution in [2.45, 2.75) is 49.3 Å². The predicted octanol–water partition coefficient (Wildman–Crippen LogP) is 5.80. The lowest BCUT2D eigenvalue weighted by Gasteiger charge is -2.24. The highest BCUT2D eigenvalue weighted by atomic mass is 32.2. The van der Waals surface area contributed by atoms with Crippen molar-refractivity contribution in [1.82, 2.24) is 20.0 Å². The molecule has 1 amide bonds. The summed E-state index contributed by atoms with van der Waals surface area (Å²) in [4.78, 5) is 15.5. The van der Waals surface area contributed by atoms with Gasteiger partial charge in [-0.25, -0.2) is 4.68 Å². The van der Waals surface area contributed by atoms with Crippen LogP contribution in [0.2, 0.25) is 0 Å². The lowest BCUT2D eigenvalue weighted by atomic mass is 10.0. The van der Waals surface area contributed by atoms with Crippen molar-refractivity contribution in [1.29, 1.82) is 0 Å². The third-order valence-electron chi connectivity index (χ3n) is 6.41. The van der Waals surface area contributed by atoms with Crippen molar-refractivity contribution >= 4 is 23.4 Å². The highest BCUT2D eigenvalue weighted by molar-refractivity contribution is 7.99. The van der Waals surface area contributed by atoms with Gasteiger partial charge in [0, 0.05) is 35.8 Å². The maximum atomic E-state index is 13.6. The number of fused-ring (bicyclic) bond motifs is 1. The summed E-state index contributed by atoms with van der Waals surface area (Å²) in [6.07, 6.45) is -3.09. The molecule has 0 aliphatic carbocycles. The van der Waals surface area contributed by atoms with Gasteiger partial charge in [-0.15, -0.1) is 22.0 Å². The van der Waals surface area contributed by atoms with Crippen LogP contribution in [0.15, 0.2) is 64.0 Å². The van der Waals surface area contributed by atoms with Gasteiger partial charge < -0.3 is 15.1 Å². The Labute approximate surface area is 229 Å². The van der Waals surface area contributed by atoms with Gasteiger partial charge in [-0.1, -0.05) is 12.1 Å². The minimum absolute atomic E-state index is 0.146. The van der Waals surface area contributed by atoms with Crippen molar-refractivity contribution in [3.63, 3.8) is 0 Å². The number of carbonyl (C=O) groups is 1. The van der Waals surface area contributed by atoms with Gasteiger partial charge >= 0.3 is 6.18 Å². The number of benzene rings is 2. The van der Waals surface area contributed by atoms with Crippen LogP contribution in [0.25, 0.3) is 17.1 Å². The number of hydrogen-bond donors (Lipinski definition) is 1. The van der Waals surface area contributed by atoms with Crippen LogP contribution in [0.3, 0.4) is 0 Å². The molecule has 0 spiro atoms. The predicted molar refractivity (Wildman–Crippen MR) is 137 cm³/mol. The molecule has 0 fully saturated rings. The van der Waals surface area contributed by atoms with E-state index in [0.717, 1.165) is 24.3 Å². The minimum atomic E-state index is -4.80. The molecule has 2 aromatic heterocycles. The fourth-order valence-electron chi connectivity index (χ4n) is 3.98. The van der Waals surface area contributed by atoms with Crippen LogP contribution >= 0.6 is 11.8 Å². The summed E-state index contributed by atoms with van der Waals surface area (Å²) in [5.41, 5.74) is 4.44. The number of nitrogens with zero attached hydrogens (tertiary/aromatic N) is 5. The van der Waals surface area contributed by atoms with Gasteiger partial charge in [0.15, 0.2) is 5.54 Å². The summed E-state index contributed by atoms with van der Waals surface area (Å²) < 4.78 is 73.8. The van der Waals surface area contributed by atoms with Crippen LogP contribution in [0.4, 0.5) is 27.6 Å². The molecule has 1 atom stereocenters. The summed E-state index contributed by atoms with van der Waals surface area (Å²) in [6.45, 7) is 1.71. The van der Waals surface area contributed by atoms with Gasteiger partial charge in [0.05, 0.1) is 17.9 Å². The molecule has 1 aliphatic heterocycles. The molecule has 2 aromatic carbocycles. The van der Waals surface area contributed by atoms with Crippen molar-refractivity contribution < 1.29 is 31.2 Å². The number of rotatable bonds is 6. The zero-order valence-corrected chi connectivity index (χ0v) is 22.1. The summed E-state index contributed by atoms with van der Waals surface area (Å²) in [7, 11) is 0. The molecule has 0 bridgehead atoms. The lowest BCUT2D eigenvalue weighted by Crippen LogP contribution is -2.48. The van der Waals surface area contributed by atoms with E-state index in [-0.39, 0.29) is 30.5 Å². The molecule has 1 aliphatic rings. The van der Waals surface area contributed by atoms with E-state index in [4.69, 9.17) is 10.2 Å². The monoisotopic (exact) mass is 578 g/mol. The second kappa shape index (κ2) is 10.0. The van der Waals surface area contributed by atoms with Gasteiger partial charge in [0.1, 0.15) is 5.69 Å². The quantitative estimate of drug-likeness (QED) is 0.289. The second-order valence-electron chi connectivity index (χ2n) is 9.57. The summed E-state index contributed by atoms with van der Waals surface area (Å²) in [5.74, 6) is -3.60. The molecular weight excluding hydrogens is 555 g/mol. The number of nitrogens with two attached hydrogens (primary N) is 1. The molecule has 210 valence electrons. The maximum Gasteiger partial charge on any atom is 0.415 e. The van der Waals surface area contributed by atoms with E-state index >= 15 is 0 Å². The number of thioether (sulfide) groups is 1. The molecule has 40 heavy (non-hydrogen) atoms. The Kier molecular flexibility index (Phi) is 6.94. The van der Waals surface area contributed by atoms with Crippen LogP contribution in [0.5, 0.6) is 0 Å². The topological polar surface area (TPSA) is 103 Å². The average Bonchev–Trinajstić information content (AvgIpc) is 3.56. The molecule has 3 heterocycles. The smallest absolute Gasteiger partial charge is 0.415 e. The van der Waals surface area contributed by atoms with E-state index in [1.807, 2.05) is 0 Å². The maximum absolute atomic E-state index is 13.6. The highest BCUT2D eigenvalue weighted by Gasteiger charge is 2.53. The molecule has 0 saturated carbocycles. The standard InChI is InChI=1S/C26H23F5N6O2S/c1-24(32,26(29,30)31)23-34-33-22(39-23)16-5-8-19-18(13-16)36(21(38)10-12-40-19)14-15-3-6-17(7-4-15)37-11-9-20(35-37)25(2,27)28/h3-9,11,13H,10,12,14,32H2,1-2H3/t24-/m1/s1. The van der Waals surface area contributed by atoms with Crippen molar-refractivity contribution in [2.24, 2.45) is 5.73 Å². The van der Waals surface area contributed by atoms with Crippen LogP contribution < -0.4 is 10.6 Å². The summed E-state index contributed by atoms with van der Waals surface area (Å²) in [6, 6.07) is 13.2. The fraction of sp³-hybridized carbons (Fsp3) is 0.308. The van der Waals surface area contributed by atoms with E-state index in [1.165, 1.54) is 28.7 Å². The van der Waals surface area contributed by atoms with Crippen molar-refractivity contribution in [3.8, 4) is 17.1 Å². The Morgan fingerprint density at radius 1 is 1.02 bits per heavy atom. The van der Waals surface area contributed by atoms with Gasteiger partial charge in [-0.05, 0) is 48.9 Å².